The lowest BCUT2D eigenvalue weighted by molar-refractivity contribution is 0.378. The Kier molecular flexibility index (Phi) is 5.38. The predicted molar refractivity (Wildman–Crippen MR) is 70.5 cm³/mol. The molecule has 2 rings (SSSR count). The average molecular weight is 391 g/mol. The summed E-state index contributed by atoms with van der Waals surface area (Å²) < 4.78 is 136. The Balaban J connectivity index is 3.09. The molecule has 0 unspecified atom stereocenters. The van der Waals surface area contributed by atoms with Gasteiger partial charge in [-0.1, -0.05) is 0 Å². The molecule has 0 radical (unpaired) electrons. The molecule has 0 atom stereocenters. The summed E-state index contributed by atoms with van der Waals surface area (Å²) >= 11 is 0. The zero-order chi connectivity index (χ0) is 19.9. The van der Waals surface area contributed by atoms with Gasteiger partial charge in [0.2, 0.25) is 5.82 Å². The summed E-state index contributed by atoms with van der Waals surface area (Å²) in [6.07, 6.45) is 0. The first kappa shape index (κ1) is 19.9. The summed E-state index contributed by atoms with van der Waals surface area (Å²) in [5.41, 5.74) is -5.43. The molecule has 0 bridgehead atoms. The van der Waals surface area contributed by atoms with Crippen molar-refractivity contribution < 1.29 is 43.9 Å². The van der Waals surface area contributed by atoms with E-state index in [4.69, 9.17) is 0 Å². The summed E-state index contributed by atoms with van der Waals surface area (Å²) in [7, 11) is 0. The van der Waals surface area contributed by atoms with Crippen molar-refractivity contribution in [2.24, 2.45) is 0 Å². The molecule has 0 spiro atoms. The highest BCUT2D eigenvalue weighted by atomic mass is 19.2. The molecule has 0 aliphatic carbocycles. The molecule has 0 aliphatic heterocycles. The minimum atomic E-state index is -2.61. The van der Waals surface area contributed by atoms with E-state index >= 15 is 0 Å². The van der Waals surface area contributed by atoms with Gasteiger partial charge in [-0.15, -0.1) is 0 Å². The molecule has 2 aromatic carbocycles. The first-order valence-electron chi connectivity index (χ1n) is 6.78. The number of alkyl halides is 1. The van der Waals surface area contributed by atoms with Crippen molar-refractivity contribution in [3.05, 3.63) is 52.4 Å². The van der Waals surface area contributed by atoms with Gasteiger partial charge in [-0.3, -0.25) is 0 Å². The summed E-state index contributed by atoms with van der Waals surface area (Å²) in [5, 5.41) is 0. The fraction of sp³-hybridized carbons (Fsp3) is 0.200. The molecule has 11 heteroatoms. The monoisotopic (exact) mass is 391 g/mol. The van der Waals surface area contributed by atoms with Gasteiger partial charge in [0.1, 0.15) is 0 Å². The zero-order valence-electron chi connectivity index (χ0n) is 12.6. The first-order valence-corrected chi connectivity index (χ1v) is 6.78. The number of anilines is 1. The second-order valence-electron chi connectivity index (χ2n) is 4.90. The van der Waals surface area contributed by atoms with Gasteiger partial charge in [-0.2, -0.15) is 0 Å². The minimum absolute atomic E-state index is 0.175. The lowest BCUT2D eigenvalue weighted by Crippen LogP contribution is -2.25. The van der Waals surface area contributed by atoms with Crippen LogP contribution in [-0.4, -0.2) is 13.3 Å². The van der Waals surface area contributed by atoms with Crippen LogP contribution in [-0.2, 0) is 0 Å². The van der Waals surface area contributed by atoms with E-state index in [1.165, 1.54) is 0 Å². The van der Waals surface area contributed by atoms with Crippen LogP contribution in [0.3, 0.4) is 0 Å². The molecule has 0 N–H and O–H groups in total. The second kappa shape index (κ2) is 7.04. The Morgan fingerprint density at radius 1 is 0.538 bits per heavy atom. The van der Waals surface area contributed by atoms with Gasteiger partial charge in [0.05, 0.1) is 16.8 Å². The van der Waals surface area contributed by atoms with Crippen LogP contribution in [0.2, 0.25) is 0 Å². The van der Waals surface area contributed by atoms with Crippen LogP contribution in [0.15, 0.2) is 0 Å². The Labute approximate surface area is 139 Å². The van der Waals surface area contributed by atoms with Crippen LogP contribution in [0.1, 0.15) is 6.92 Å². The fourth-order valence-electron chi connectivity index (χ4n) is 2.27. The van der Waals surface area contributed by atoms with E-state index in [1.807, 2.05) is 0 Å². The Bertz CT molecular complexity index is 847. The number of nitrogens with zero attached hydrogens (tertiary/aromatic N) is 1. The number of hydrogen-bond donors (Lipinski definition) is 0. The van der Waals surface area contributed by atoms with Crippen LogP contribution in [0.5, 0.6) is 0 Å². The molecule has 0 fully saturated rings. The SMILES string of the molecule is CCN(CF)c1c(F)c(F)c(F)c(F)c1-c1c(F)c(F)c(F)c(F)c1F. The Hall–Kier alpha value is -2.46. The third kappa shape index (κ3) is 2.74. The highest BCUT2D eigenvalue weighted by Crippen LogP contribution is 2.42. The van der Waals surface area contributed by atoms with Crippen LogP contribution in [0.25, 0.3) is 11.1 Å². The maximum Gasteiger partial charge on any atom is 0.200 e. The summed E-state index contributed by atoms with van der Waals surface area (Å²) in [4.78, 5) is 0.175. The van der Waals surface area contributed by atoms with Crippen molar-refractivity contribution in [1.29, 1.82) is 0 Å². The van der Waals surface area contributed by atoms with Gasteiger partial charge in [0.15, 0.2) is 53.3 Å². The molecule has 0 aromatic heterocycles. The summed E-state index contributed by atoms with van der Waals surface area (Å²) in [5.74, 6) is -22.6. The largest absolute Gasteiger partial charge is 0.342 e. The third-order valence-corrected chi connectivity index (χ3v) is 3.54. The topological polar surface area (TPSA) is 3.24 Å². The molecular weight excluding hydrogens is 384 g/mol. The number of rotatable bonds is 4. The van der Waals surface area contributed by atoms with E-state index in [1.54, 1.807) is 0 Å². The first-order chi connectivity index (χ1) is 12.1. The lowest BCUT2D eigenvalue weighted by Gasteiger charge is -2.24. The lowest BCUT2D eigenvalue weighted by atomic mass is 9.99. The molecule has 142 valence electrons. The maximum atomic E-state index is 14.1. The summed E-state index contributed by atoms with van der Waals surface area (Å²) in [6.45, 7) is -1.08. The number of halogens is 10. The minimum Gasteiger partial charge on any atom is -0.342 e. The normalized spacial score (nSPS) is 11.2. The third-order valence-electron chi connectivity index (χ3n) is 3.54. The molecule has 0 saturated heterocycles. The van der Waals surface area contributed by atoms with E-state index < -0.39 is 82.5 Å². The second-order valence-corrected chi connectivity index (χ2v) is 4.90. The van der Waals surface area contributed by atoms with Gasteiger partial charge in [-0.05, 0) is 6.92 Å². The van der Waals surface area contributed by atoms with Crippen molar-refractivity contribution in [1.82, 2.24) is 0 Å². The fourth-order valence-corrected chi connectivity index (χ4v) is 2.27. The van der Waals surface area contributed by atoms with E-state index in [2.05, 4.69) is 0 Å². The highest BCUT2D eigenvalue weighted by molar-refractivity contribution is 5.81. The van der Waals surface area contributed by atoms with Gasteiger partial charge in [0, 0.05) is 6.54 Å². The number of benzene rings is 2. The maximum absolute atomic E-state index is 14.1. The van der Waals surface area contributed by atoms with Crippen LogP contribution >= 0.6 is 0 Å². The Morgan fingerprint density at radius 3 is 1.27 bits per heavy atom. The van der Waals surface area contributed by atoms with Crippen molar-refractivity contribution in [3.63, 3.8) is 0 Å². The quantitative estimate of drug-likeness (QED) is 0.294. The molecular formula is C15H7F10N. The summed E-state index contributed by atoms with van der Waals surface area (Å²) in [6, 6.07) is 0. The molecule has 0 amide bonds. The van der Waals surface area contributed by atoms with Crippen molar-refractivity contribution in [2.75, 3.05) is 18.2 Å². The number of hydrogen-bond acceptors (Lipinski definition) is 1. The van der Waals surface area contributed by atoms with Crippen molar-refractivity contribution in [3.8, 4) is 11.1 Å². The molecule has 0 heterocycles. The van der Waals surface area contributed by atoms with E-state index in [-0.39, 0.29) is 4.90 Å². The van der Waals surface area contributed by atoms with Gasteiger partial charge >= 0.3 is 0 Å². The van der Waals surface area contributed by atoms with E-state index in [0.29, 0.717) is 0 Å². The van der Waals surface area contributed by atoms with Crippen LogP contribution in [0, 0.1) is 52.4 Å². The smallest absolute Gasteiger partial charge is 0.200 e. The van der Waals surface area contributed by atoms with Gasteiger partial charge in [0.25, 0.3) is 0 Å². The molecule has 1 nitrogen and oxygen atoms in total. The highest BCUT2D eigenvalue weighted by Gasteiger charge is 2.35. The zero-order valence-corrected chi connectivity index (χ0v) is 12.6. The van der Waals surface area contributed by atoms with E-state index in [0.717, 1.165) is 6.92 Å². The van der Waals surface area contributed by atoms with Crippen molar-refractivity contribution in [2.45, 2.75) is 6.92 Å². The van der Waals surface area contributed by atoms with Gasteiger partial charge in [-0.25, -0.2) is 43.9 Å². The predicted octanol–water partition coefficient (Wildman–Crippen LogP) is 5.36. The standard InChI is InChI=1S/C15H7F10N/c1-2-26(3-16)15-5(8(19)11(22)13(24)14(15)25)4-6(17)9(20)12(23)10(21)7(4)18/h2-3H2,1H3. The molecule has 26 heavy (non-hydrogen) atoms. The van der Waals surface area contributed by atoms with Crippen LogP contribution in [0.4, 0.5) is 49.6 Å². The molecule has 0 aliphatic rings. The van der Waals surface area contributed by atoms with E-state index in [9.17, 15) is 43.9 Å². The average Bonchev–Trinajstić information content (AvgIpc) is 2.63. The molecule has 0 saturated carbocycles. The molecule has 2 aromatic rings. The van der Waals surface area contributed by atoms with Crippen molar-refractivity contribution >= 4 is 5.69 Å². The Morgan fingerprint density at radius 2 is 0.885 bits per heavy atom. The van der Waals surface area contributed by atoms with Crippen LogP contribution < -0.4 is 4.90 Å². The van der Waals surface area contributed by atoms with Gasteiger partial charge < -0.3 is 4.90 Å².